The highest BCUT2D eigenvalue weighted by Crippen LogP contribution is 2.39. The van der Waals surface area contributed by atoms with Crippen LogP contribution in [0.1, 0.15) is 31.7 Å². The Bertz CT molecular complexity index is 463. The summed E-state index contributed by atoms with van der Waals surface area (Å²) >= 11 is 0. The minimum atomic E-state index is -0.317. The van der Waals surface area contributed by atoms with Gasteiger partial charge in [-0.15, -0.1) is 0 Å². The van der Waals surface area contributed by atoms with E-state index in [0.29, 0.717) is 19.8 Å². The predicted octanol–water partition coefficient (Wildman–Crippen LogP) is 2.20. The average Bonchev–Trinajstić information content (AvgIpc) is 2.62. The summed E-state index contributed by atoms with van der Waals surface area (Å²) in [6.45, 7) is 4.23. The van der Waals surface area contributed by atoms with Crippen LogP contribution in [0.15, 0.2) is 18.2 Å². The summed E-state index contributed by atoms with van der Waals surface area (Å²) in [5.41, 5.74) is 6.87. The molecule has 19 heavy (non-hydrogen) atoms. The lowest BCUT2D eigenvalue weighted by atomic mass is 9.86. The van der Waals surface area contributed by atoms with Crippen molar-refractivity contribution < 1.29 is 14.2 Å². The van der Waals surface area contributed by atoms with Crippen molar-refractivity contribution in [2.45, 2.75) is 37.8 Å². The van der Waals surface area contributed by atoms with Crippen LogP contribution >= 0.6 is 0 Å². The molecule has 104 valence electrons. The van der Waals surface area contributed by atoms with Gasteiger partial charge in [0.25, 0.3) is 0 Å². The van der Waals surface area contributed by atoms with Crippen molar-refractivity contribution in [3.63, 3.8) is 0 Å². The fourth-order valence-corrected chi connectivity index (χ4v) is 2.79. The van der Waals surface area contributed by atoms with Crippen molar-refractivity contribution in [2.24, 2.45) is 5.73 Å². The largest absolute Gasteiger partial charge is 0.490 e. The van der Waals surface area contributed by atoms with Crippen LogP contribution in [0.3, 0.4) is 0 Å². The highest BCUT2D eigenvalue weighted by molar-refractivity contribution is 5.45. The maximum atomic E-state index is 6.07. The molecule has 1 aromatic carbocycles. The van der Waals surface area contributed by atoms with Crippen LogP contribution in [0, 0.1) is 0 Å². The average molecular weight is 263 g/mol. The topological polar surface area (TPSA) is 53.7 Å². The summed E-state index contributed by atoms with van der Waals surface area (Å²) in [5, 5.41) is 0. The van der Waals surface area contributed by atoms with E-state index in [4.69, 9.17) is 19.9 Å². The highest BCUT2D eigenvalue weighted by Gasteiger charge is 2.34. The monoisotopic (exact) mass is 263 g/mol. The summed E-state index contributed by atoms with van der Waals surface area (Å²) in [6, 6.07) is 6.28. The number of fused-ring (bicyclic) bond motifs is 1. The SMILES string of the molecule is CC1(c2ccc3c(c2)OCCCO3)CC(N)CCO1. The number of rotatable bonds is 1. The second-order valence-corrected chi connectivity index (χ2v) is 5.54. The molecule has 0 saturated carbocycles. The molecule has 3 rings (SSSR count). The van der Waals surface area contributed by atoms with Crippen molar-refractivity contribution >= 4 is 0 Å². The molecule has 2 atom stereocenters. The Labute approximate surface area is 113 Å². The van der Waals surface area contributed by atoms with Crippen molar-refractivity contribution in [1.29, 1.82) is 0 Å². The fourth-order valence-electron chi connectivity index (χ4n) is 2.79. The Morgan fingerprint density at radius 1 is 1.16 bits per heavy atom. The van der Waals surface area contributed by atoms with Gasteiger partial charge < -0.3 is 19.9 Å². The van der Waals surface area contributed by atoms with Crippen molar-refractivity contribution in [1.82, 2.24) is 0 Å². The summed E-state index contributed by atoms with van der Waals surface area (Å²) in [6.07, 6.45) is 2.69. The zero-order valence-corrected chi connectivity index (χ0v) is 11.4. The third kappa shape index (κ3) is 2.55. The molecule has 2 unspecified atom stereocenters. The van der Waals surface area contributed by atoms with Gasteiger partial charge in [-0.25, -0.2) is 0 Å². The van der Waals surface area contributed by atoms with E-state index in [9.17, 15) is 0 Å². The Morgan fingerprint density at radius 3 is 2.74 bits per heavy atom. The summed E-state index contributed by atoms with van der Waals surface area (Å²) in [5.74, 6) is 1.64. The molecular weight excluding hydrogens is 242 g/mol. The van der Waals surface area contributed by atoms with Gasteiger partial charge in [0, 0.05) is 19.1 Å². The maximum Gasteiger partial charge on any atom is 0.161 e. The highest BCUT2D eigenvalue weighted by atomic mass is 16.5. The van der Waals surface area contributed by atoms with Gasteiger partial charge in [-0.1, -0.05) is 6.07 Å². The lowest BCUT2D eigenvalue weighted by Crippen LogP contribution is -2.41. The molecule has 2 aliphatic heterocycles. The quantitative estimate of drug-likeness (QED) is 0.844. The molecule has 1 aromatic rings. The van der Waals surface area contributed by atoms with Crippen LogP contribution < -0.4 is 15.2 Å². The zero-order chi connectivity index (χ0) is 13.3. The number of benzene rings is 1. The Balaban J connectivity index is 1.90. The lowest BCUT2D eigenvalue weighted by Gasteiger charge is -2.37. The van der Waals surface area contributed by atoms with E-state index in [2.05, 4.69) is 13.0 Å². The van der Waals surface area contributed by atoms with Crippen LogP contribution in [0.5, 0.6) is 11.5 Å². The molecular formula is C15H21NO3. The van der Waals surface area contributed by atoms with Crippen LogP contribution in [0.2, 0.25) is 0 Å². The molecule has 2 aliphatic rings. The Hall–Kier alpha value is -1.26. The van der Waals surface area contributed by atoms with Gasteiger partial charge in [-0.2, -0.15) is 0 Å². The molecule has 0 radical (unpaired) electrons. The van der Waals surface area contributed by atoms with Crippen molar-refractivity contribution in [3.8, 4) is 11.5 Å². The molecule has 2 N–H and O–H groups in total. The predicted molar refractivity (Wildman–Crippen MR) is 72.6 cm³/mol. The standard InChI is InChI=1S/C15H21NO3/c1-15(10-12(16)5-8-19-15)11-3-4-13-14(9-11)18-7-2-6-17-13/h3-4,9,12H,2,5-8,10,16H2,1H3. The van der Waals surface area contributed by atoms with Gasteiger partial charge >= 0.3 is 0 Å². The number of ether oxygens (including phenoxy) is 3. The first-order valence-electron chi connectivity index (χ1n) is 6.97. The zero-order valence-electron chi connectivity index (χ0n) is 11.4. The third-order valence-electron chi connectivity index (χ3n) is 3.92. The molecule has 0 amide bonds. The van der Waals surface area contributed by atoms with E-state index in [0.717, 1.165) is 36.3 Å². The maximum absolute atomic E-state index is 6.07. The molecule has 0 bridgehead atoms. The molecule has 1 saturated heterocycles. The third-order valence-corrected chi connectivity index (χ3v) is 3.92. The molecule has 1 fully saturated rings. The first kappa shape index (κ1) is 12.8. The van der Waals surface area contributed by atoms with Gasteiger partial charge in [0.05, 0.1) is 18.8 Å². The summed E-state index contributed by atoms with van der Waals surface area (Å²) < 4.78 is 17.4. The van der Waals surface area contributed by atoms with Crippen LogP contribution in [0.25, 0.3) is 0 Å². The van der Waals surface area contributed by atoms with E-state index in [-0.39, 0.29) is 11.6 Å². The first-order valence-corrected chi connectivity index (χ1v) is 6.97. The van der Waals surface area contributed by atoms with Crippen LogP contribution in [-0.2, 0) is 10.3 Å². The number of hydrogen-bond donors (Lipinski definition) is 1. The number of nitrogens with two attached hydrogens (primary N) is 1. The lowest BCUT2D eigenvalue weighted by molar-refractivity contribution is -0.0767. The van der Waals surface area contributed by atoms with E-state index >= 15 is 0 Å². The van der Waals surface area contributed by atoms with Gasteiger partial charge in [-0.3, -0.25) is 0 Å². The van der Waals surface area contributed by atoms with Crippen LogP contribution in [0.4, 0.5) is 0 Å². The minimum absolute atomic E-state index is 0.203. The molecule has 0 aromatic heterocycles. The van der Waals surface area contributed by atoms with E-state index in [1.807, 2.05) is 12.1 Å². The van der Waals surface area contributed by atoms with Gasteiger partial charge in [-0.05, 0) is 37.5 Å². The Morgan fingerprint density at radius 2 is 1.95 bits per heavy atom. The first-order chi connectivity index (χ1) is 9.17. The molecule has 0 aliphatic carbocycles. The van der Waals surface area contributed by atoms with Gasteiger partial charge in [0.1, 0.15) is 0 Å². The second kappa shape index (κ2) is 5.02. The van der Waals surface area contributed by atoms with Crippen molar-refractivity contribution in [2.75, 3.05) is 19.8 Å². The summed E-state index contributed by atoms with van der Waals surface area (Å²) in [7, 11) is 0. The summed E-state index contributed by atoms with van der Waals surface area (Å²) in [4.78, 5) is 0. The fraction of sp³-hybridized carbons (Fsp3) is 0.600. The van der Waals surface area contributed by atoms with E-state index < -0.39 is 0 Å². The van der Waals surface area contributed by atoms with Gasteiger partial charge in [0.15, 0.2) is 11.5 Å². The van der Waals surface area contributed by atoms with E-state index in [1.54, 1.807) is 0 Å². The molecule has 2 heterocycles. The normalized spacial score (nSPS) is 30.7. The van der Waals surface area contributed by atoms with E-state index in [1.165, 1.54) is 0 Å². The van der Waals surface area contributed by atoms with Crippen molar-refractivity contribution in [3.05, 3.63) is 23.8 Å². The second-order valence-electron chi connectivity index (χ2n) is 5.54. The van der Waals surface area contributed by atoms with Crippen LogP contribution in [-0.4, -0.2) is 25.9 Å². The Kier molecular flexibility index (Phi) is 3.37. The smallest absolute Gasteiger partial charge is 0.161 e. The molecule has 4 heteroatoms. The number of hydrogen-bond acceptors (Lipinski definition) is 4. The minimum Gasteiger partial charge on any atom is -0.490 e. The van der Waals surface area contributed by atoms with Gasteiger partial charge in [0.2, 0.25) is 0 Å². The molecule has 0 spiro atoms. The molecule has 4 nitrogen and oxygen atoms in total.